The lowest BCUT2D eigenvalue weighted by molar-refractivity contribution is -0.138. The molecule has 0 saturated carbocycles. The molecule has 0 fully saturated rings. The molecule has 1 N–H and O–H groups in total. The fourth-order valence-corrected chi connectivity index (χ4v) is 1.62. The summed E-state index contributed by atoms with van der Waals surface area (Å²) in [4.78, 5) is 10.5. The first kappa shape index (κ1) is 14.9. The van der Waals surface area contributed by atoms with Crippen LogP contribution in [-0.2, 0) is 17.5 Å². The van der Waals surface area contributed by atoms with E-state index in [1.807, 2.05) is 0 Å². The predicted octanol–water partition coefficient (Wildman–Crippen LogP) is 1.97. The maximum Gasteiger partial charge on any atom is 0.416 e. The van der Waals surface area contributed by atoms with Crippen LogP contribution in [0.5, 0.6) is 0 Å². The Morgan fingerprint density at radius 2 is 2.05 bits per heavy atom. The Morgan fingerprint density at radius 1 is 1.33 bits per heavy atom. The minimum atomic E-state index is -4.64. The molecule has 0 spiro atoms. The van der Waals surface area contributed by atoms with Gasteiger partial charge in [0.05, 0.1) is 24.1 Å². The highest BCUT2D eigenvalue weighted by atomic mass is 19.4. The molecule has 1 aromatic heterocycles. The van der Waals surface area contributed by atoms with Crippen molar-refractivity contribution in [2.45, 2.75) is 19.1 Å². The maximum atomic E-state index is 13.7. The van der Waals surface area contributed by atoms with Crippen LogP contribution in [0.1, 0.15) is 12.0 Å². The Labute approximate surface area is 115 Å². The number of benzene rings is 1. The van der Waals surface area contributed by atoms with E-state index in [1.54, 1.807) is 0 Å². The second-order valence-electron chi connectivity index (χ2n) is 4.06. The van der Waals surface area contributed by atoms with Crippen LogP contribution in [0.25, 0.3) is 11.4 Å². The largest absolute Gasteiger partial charge is 0.481 e. The fraction of sp³-hybridized carbons (Fsp3) is 0.273. The lowest BCUT2D eigenvalue weighted by Gasteiger charge is -2.09. The number of aromatic nitrogens is 4. The van der Waals surface area contributed by atoms with Crippen molar-refractivity contribution >= 4 is 5.97 Å². The quantitative estimate of drug-likeness (QED) is 0.873. The predicted molar refractivity (Wildman–Crippen MR) is 60.5 cm³/mol. The molecule has 2 rings (SSSR count). The molecule has 0 atom stereocenters. The van der Waals surface area contributed by atoms with E-state index in [1.165, 1.54) is 0 Å². The molecule has 0 saturated heterocycles. The average molecular weight is 304 g/mol. The van der Waals surface area contributed by atoms with Crippen LogP contribution in [0.15, 0.2) is 18.2 Å². The van der Waals surface area contributed by atoms with Crippen LogP contribution in [0.3, 0.4) is 0 Å². The van der Waals surface area contributed by atoms with Gasteiger partial charge in [0.15, 0.2) is 5.82 Å². The smallest absolute Gasteiger partial charge is 0.416 e. The SMILES string of the molecule is O=C(O)CCn1nnnc1-c1cc(C(F)(F)F)ccc1F. The minimum Gasteiger partial charge on any atom is -0.481 e. The first-order chi connectivity index (χ1) is 9.79. The van der Waals surface area contributed by atoms with E-state index >= 15 is 0 Å². The van der Waals surface area contributed by atoms with Gasteiger partial charge in [-0.1, -0.05) is 0 Å². The number of nitrogens with zero attached hydrogens (tertiary/aromatic N) is 4. The molecule has 0 unspecified atom stereocenters. The molecule has 0 aliphatic heterocycles. The monoisotopic (exact) mass is 304 g/mol. The summed E-state index contributed by atoms with van der Waals surface area (Å²) in [6.07, 6.45) is -4.99. The summed E-state index contributed by atoms with van der Waals surface area (Å²) in [7, 11) is 0. The van der Waals surface area contributed by atoms with Crippen LogP contribution < -0.4 is 0 Å². The van der Waals surface area contributed by atoms with Crippen LogP contribution in [0.2, 0.25) is 0 Å². The minimum absolute atomic E-state index is 0.187. The van der Waals surface area contributed by atoms with Crippen molar-refractivity contribution in [3.05, 3.63) is 29.6 Å². The molecule has 112 valence electrons. The summed E-state index contributed by atoms with van der Waals surface area (Å²) >= 11 is 0. The van der Waals surface area contributed by atoms with E-state index in [0.717, 1.165) is 4.68 Å². The molecule has 10 heteroatoms. The topological polar surface area (TPSA) is 80.9 Å². The molecule has 0 aliphatic carbocycles. The van der Waals surface area contributed by atoms with Crippen LogP contribution in [-0.4, -0.2) is 31.3 Å². The summed E-state index contributed by atoms with van der Waals surface area (Å²) in [5.74, 6) is -2.34. The summed E-state index contributed by atoms with van der Waals surface area (Å²) in [5.41, 5.74) is -1.49. The molecule has 0 amide bonds. The molecular formula is C11H8F4N4O2. The summed E-state index contributed by atoms with van der Waals surface area (Å²) in [5, 5.41) is 18.7. The lowest BCUT2D eigenvalue weighted by atomic mass is 10.1. The normalized spacial score (nSPS) is 11.6. The third-order valence-corrected chi connectivity index (χ3v) is 2.60. The highest BCUT2D eigenvalue weighted by Gasteiger charge is 2.31. The molecular weight excluding hydrogens is 296 g/mol. The Bertz CT molecular complexity index is 668. The maximum absolute atomic E-state index is 13.7. The van der Waals surface area contributed by atoms with Crippen LogP contribution in [0.4, 0.5) is 17.6 Å². The van der Waals surface area contributed by atoms with Crippen molar-refractivity contribution in [3.63, 3.8) is 0 Å². The van der Waals surface area contributed by atoms with Gasteiger partial charge < -0.3 is 5.11 Å². The molecule has 1 heterocycles. The number of carboxylic acid groups (broad SMARTS) is 1. The lowest BCUT2D eigenvalue weighted by Crippen LogP contribution is -2.10. The van der Waals surface area contributed by atoms with E-state index in [4.69, 9.17) is 5.11 Å². The summed E-state index contributed by atoms with van der Waals surface area (Å²) < 4.78 is 52.6. The molecule has 2 aromatic rings. The third-order valence-electron chi connectivity index (χ3n) is 2.60. The second-order valence-corrected chi connectivity index (χ2v) is 4.06. The van der Waals surface area contributed by atoms with Crippen molar-refractivity contribution in [1.82, 2.24) is 20.2 Å². The number of hydrogen-bond acceptors (Lipinski definition) is 4. The van der Waals surface area contributed by atoms with Gasteiger partial charge >= 0.3 is 12.1 Å². The first-order valence-electron chi connectivity index (χ1n) is 5.64. The van der Waals surface area contributed by atoms with Gasteiger partial charge in [0, 0.05) is 0 Å². The number of hydrogen-bond donors (Lipinski definition) is 1. The van der Waals surface area contributed by atoms with Gasteiger partial charge in [0.25, 0.3) is 0 Å². The van der Waals surface area contributed by atoms with Gasteiger partial charge in [-0.05, 0) is 28.6 Å². The fourth-order valence-electron chi connectivity index (χ4n) is 1.62. The Kier molecular flexibility index (Phi) is 3.87. The van der Waals surface area contributed by atoms with Crippen molar-refractivity contribution in [1.29, 1.82) is 0 Å². The summed E-state index contributed by atoms with van der Waals surface area (Å²) in [6, 6.07) is 1.84. The van der Waals surface area contributed by atoms with Crippen molar-refractivity contribution < 1.29 is 27.5 Å². The highest BCUT2D eigenvalue weighted by Crippen LogP contribution is 2.32. The van der Waals surface area contributed by atoms with Gasteiger partial charge in [-0.15, -0.1) is 5.10 Å². The van der Waals surface area contributed by atoms with Crippen LogP contribution >= 0.6 is 0 Å². The molecule has 0 aliphatic rings. The van der Waals surface area contributed by atoms with Gasteiger partial charge in [0.2, 0.25) is 0 Å². The number of tetrazole rings is 1. The van der Waals surface area contributed by atoms with Crippen molar-refractivity contribution in [2.75, 3.05) is 0 Å². The average Bonchev–Trinajstić information content (AvgIpc) is 2.83. The van der Waals surface area contributed by atoms with Gasteiger partial charge in [0.1, 0.15) is 5.82 Å². The van der Waals surface area contributed by atoms with E-state index < -0.39 is 29.1 Å². The zero-order valence-electron chi connectivity index (χ0n) is 10.3. The molecule has 0 radical (unpaired) electrons. The number of aliphatic carboxylic acids is 1. The third kappa shape index (κ3) is 3.33. The number of halogens is 4. The second kappa shape index (κ2) is 5.46. The number of carboxylic acids is 1. The molecule has 0 bridgehead atoms. The standard InChI is InChI=1S/C11H8F4N4O2/c12-8-2-1-6(11(13,14)15)5-7(8)10-16-17-18-19(10)4-3-9(20)21/h1-2,5H,3-4H2,(H,20,21). The Balaban J connectivity index is 2.42. The van der Waals surface area contributed by atoms with E-state index in [9.17, 15) is 22.4 Å². The zero-order chi connectivity index (χ0) is 15.6. The van der Waals surface area contributed by atoms with Crippen molar-refractivity contribution in [2.24, 2.45) is 0 Å². The van der Waals surface area contributed by atoms with Crippen LogP contribution in [0, 0.1) is 5.82 Å². The van der Waals surface area contributed by atoms with Gasteiger partial charge in [-0.3, -0.25) is 4.79 Å². The van der Waals surface area contributed by atoms with Crippen molar-refractivity contribution in [3.8, 4) is 11.4 Å². The number of rotatable bonds is 4. The number of aryl methyl sites for hydroxylation is 1. The number of carbonyl (C=O) groups is 1. The summed E-state index contributed by atoms with van der Waals surface area (Å²) in [6.45, 7) is -0.187. The molecule has 1 aromatic carbocycles. The number of alkyl halides is 3. The van der Waals surface area contributed by atoms with E-state index in [-0.39, 0.29) is 18.8 Å². The Morgan fingerprint density at radius 3 is 2.67 bits per heavy atom. The first-order valence-corrected chi connectivity index (χ1v) is 5.64. The highest BCUT2D eigenvalue weighted by molar-refractivity contribution is 5.66. The molecule has 21 heavy (non-hydrogen) atoms. The van der Waals surface area contributed by atoms with E-state index in [2.05, 4.69) is 15.5 Å². The van der Waals surface area contributed by atoms with E-state index in [0.29, 0.717) is 18.2 Å². The molecule has 6 nitrogen and oxygen atoms in total. The van der Waals surface area contributed by atoms with Gasteiger partial charge in [-0.25, -0.2) is 9.07 Å². The zero-order valence-corrected chi connectivity index (χ0v) is 10.3. The Hall–Kier alpha value is -2.52. The van der Waals surface area contributed by atoms with Gasteiger partial charge in [-0.2, -0.15) is 13.2 Å².